The third-order valence-electron chi connectivity index (χ3n) is 18.0. The van der Waals surface area contributed by atoms with E-state index >= 15 is 0 Å². The van der Waals surface area contributed by atoms with E-state index in [2.05, 4.69) is 55.0 Å². The van der Waals surface area contributed by atoms with Crippen LogP contribution in [0.1, 0.15) is 152 Å². The molecule has 0 aromatic rings. The van der Waals surface area contributed by atoms with Crippen molar-refractivity contribution in [2.24, 2.45) is 67.3 Å². The maximum atomic E-state index is 14.2. The van der Waals surface area contributed by atoms with Crippen molar-refractivity contribution < 1.29 is 29.0 Å². The lowest BCUT2D eigenvalue weighted by atomic mass is 9.28. The predicted molar refractivity (Wildman–Crippen MR) is 211 cm³/mol. The fourth-order valence-corrected chi connectivity index (χ4v) is 15.4. The number of rotatable bonds is 9. The average Bonchev–Trinajstić information content (AvgIpc) is 3.40. The smallest absolute Gasteiger partial charge is 0.314 e. The second-order valence-corrected chi connectivity index (χ2v) is 21.8. The molecule has 9 heteroatoms. The van der Waals surface area contributed by atoms with Crippen LogP contribution in [-0.2, 0) is 19.1 Å². The van der Waals surface area contributed by atoms with Gasteiger partial charge >= 0.3 is 18.0 Å². The number of piperazine rings is 1. The molecule has 6 fully saturated rings. The zero-order chi connectivity index (χ0) is 39.9. The fourth-order valence-electron chi connectivity index (χ4n) is 15.4. The van der Waals surface area contributed by atoms with Gasteiger partial charge in [-0.3, -0.25) is 14.4 Å². The molecular formula is C45H73N3O6. The molecule has 1 saturated heterocycles. The van der Waals surface area contributed by atoms with E-state index in [1.54, 1.807) is 4.90 Å². The van der Waals surface area contributed by atoms with Gasteiger partial charge in [-0.2, -0.15) is 0 Å². The Bertz CT molecular complexity index is 1530. The van der Waals surface area contributed by atoms with E-state index in [0.29, 0.717) is 56.3 Å². The molecule has 0 spiro atoms. The van der Waals surface area contributed by atoms with Gasteiger partial charge < -0.3 is 25.4 Å². The minimum atomic E-state index is -0.891. The quantitative estimate of drug-likeness (QED) is 0.179. The first-order chi connectivity index (χ1) is 24.9. The lowest BCUT2D eigenvalue weighted by Crippen LogP contribution is -2.70. The van der Waals surface area contributed by atoms with Crippen molar-refractivity contribution in [1.29, 1.82) is 0 Å². The first-order valence-electron chi connectivity index (χ1n) is 21.3. The molecule has 0 aromatic heterocycles. The number of carboxylic acid groups (broad SMARTS) is 1. The highest BCUT2D eigenvalue weighted by Crippen LogP contribution is 2.81. The highest BCUT2D eigenvalue weighted by molar-refractivity contribution is 5.78. The maximum Gasteiger partial charge on any atom is 0.314 e. The number of allylic oxidation sites excluding steroid dienone is 1. The Morgan fingerprint density at radius 2 is 1.41 bits per heavy atom. The number of esters is 1. The van der Waals surface area contributed by atoms with Crippen molar-refractivity contribution in [3.63, 3.8) is 0 Å². The van der Waals surface area contributed by atoms with E-state index in [4.69, 9.17) is 10.5 Å². The summed E-state index contributed by atoms with van der Waals surface area (Å²) in [7, 11) is 0. The van der Waals surface area contributed by atoms with Crippen molar-refractivity contribution in [3.8, 4) is 0 Å². The molecule has 6 aliphatic rings. The van der Waals surface area contributed by atoms with Crippen molar-refractivity contribution in [1.82, 2.24) is 9.80 Å². The Hall–Kier alpha value is -2.58. The van der Waals surface area contributed by atoms with Gasteiger partial charge in [-0.15, -0.1) is 6.58 Å². The summed E-state index contributed by atoms with van der Waals surface area (Å²) in [4.78, 5) is 54.4. The van der Waals surface area contributed by atoms with Crippen LogP contribution in [0.2, 0.25) is 0 Å². The SMILES string of the molecule is C=C(C)C[C@@H]1CC[C@]2(CC(=O)N3CCN(C(N)=O)CC3)CC[C@@]3(C)[C@]4(C)CC[C@H]5C(C)(C)[C@@H](OC(=O)CC(C)(C)CC(=O)O)CC[C@]5(C)[C@H]4CC[C@]3(C)[C@@H]12. The van der Waals surface area contributed by atoms with Crippen LogP contribution in [0, 0.1) is 61.6 Å². The number of carbonyl (C=O) groups is 4. The zero-order valence-corrected chi connectivity index (χ0v) is 35.3. The second kappa shape index (κ2) is 13.8. The Morgan fingerprint density at radius 3 is 2.02 bits per heavy atom. The number of urea groups is 1. The minimum absolute atomic E-state index is 0.0143. The topological polar surface area (TPSA) is 130 Å². The van der Waals surface area contributed by atoms with Crippen LogP contribution in [0.3, 0.4) is 0 Å². The van der Waals surface area contributed by atoms with Gasteiger partial charge in [0.15, 0.2) is 0 Å². The molecular weight excluding hydrogens is 679 g/mol. The molecule has 0 radical (unpaired) electrons. The van der Waals surface area contributed by atoms with E-state index in [1.165, 1.54) is 18.4 Å². The minimum Gasteiger partial charge on any atom is -0.481 e. The molecule has 54 heavy (non-hydrogen) atoms. The molecule has 10 atom stereocenters. The lowest BCUT2D eigenvalue weighted by Gasteiger charge is -2.76. The van der Waals surface area contributed by atoms with Gasteiger partial charge in [0.25, 0.3) is 0 Å². The summed E-state index contributed by atoms with van der Waals surface area (Å²) in [6, 6.07) is -0.403. The number of nitrogens with two attached hydrogens (primary N) is 1. The number of fused-ring (bicyclic) bond motifs is 7. The van der Waals surface area contributed by atoms with Gasteiger partial charge in [0.05, 0.1) is 12.8 Å². The molecule has 3 amide bonds. The molecule has 5 saturated carbocycles. The number of nitrogens with zero attached hydrogens (tertiary/aromatic N) is 2. The fraction of sp³-hybridized carbons (Fsp3) is 0.867. The van der Waals surface area contributed by atoms with Crippen molar-refractivity contribution in [2.75, 3.05) is 26.2 Å². The summed E-state index contributed by atoms with van der Waals surface area (Å²) in [5.41, 5.74) is 6.42. The Kier molecular flexibility index (Phi) is 10.5. The van der Waals surface area contributed by atoms with Crippen LogP contribution in [0.25, 0.3) is 0 Å². The molecule has 5 aliphatic carbocycles. The van der Waals surface area contributed by atoms with Crippen LogP contribution in [-0.4, -0.2) is 71.1 Å². The number of hydrogen-bond acceptors (Lipinski definition) is 5. The average molecular weight is 752 g/mol. The van der Waals surface area contributed by atoms with Crippen LogP contribution in [0.4, 0.5) is 4.79 Å². The summed E-state index contributed by atoms with van der Waals surface area (Å²) >= 11 is 0. The largest absolute Gasteiger partial charge is 0.481 e. The van der Waals surface area contributed by atoms with Crippen molar-refractivity contribution >= 4 is 23.9 Å². The Balaban J connectivity index is 1.25. The predicted octanol–water partition coefficient (Wildman–Crippen LogP) is 8.84. The first-order valence-corrected chi connectivity index (χ1v) is 21.3. The number of hydrogen-bond donors (Lipinski definition) is 2. The molecule has 1 aliphatic heterocycles. The first kappa shape index (κ1) is 41.1. The zero-order valence-electron chi connectivity index (χ0n) is 35.3. The van der Waals surface area contributed by atoms with E-state index in [1.807, 2.05) is 18.7 Å². The molecule has 0 bridgehead atoms. The van der Waals surface area contributed by atoms with Crippen LogP contribution >= 0.6 is 0 Å². The van der Waals surface area contributed by atoms with Gasteiger partial charge in [-0.1, -0.05) is 61.0 Å². The maximum absolute atomic E-state index is 14.2. The number of carboxylic acids is 1. The van der Waals surface area contributed by atoms with Gasteiger partial charge in [-0.25, -0.2) is 4.79 Å². The standard InChI is InChI=1S/C45H73N3O6/c1-29(2)25-30-11-18-45(26-34(49)47-21-23-48(24-22-47)38(46)53)20-19-44(10)42(8)16-12-31-40(5,6)33(54-36(52)28-39(3,4)27-35(50)51)14-15-41(31,7)32(42)13-17-43(44,9)37(30)45/h30-33,37H,1,11-28H2,2-10H3,(H2,46,53)(H,50,51)/t30-,31-,32+,33-,37+,41-,42+,43+,44-,45+/m0/s1. The molecule has 3 N–H and O–H groups in total. The number of ether oxygens (including phenoxy) is 1. The molecule has 6 rings (SSSR count). The normalized spacial score (nSPS) is 41.5. The third-order valence-corrected chi connectivity index (χ3v) is 18.0. The number of primary amides is 1. The van der Waals surface area contributed by atoms with Gasteiger partial charge in [0.2, 0.25) is 5.91 Å². The van der Waals surface area contributed by atoms with Gasteiger partial charge in [-0.05, 0) is 134 Å². The lowest BCUT2D eigenvalue weighted by molar-refractivity contribution is -0.279. The molecule has 0 unspecified atom stereocenters. The highest BCUT2D eigenvalue weighted by atomic mass is 16.5. The van der Waals surface area contributed by atoms with E-state index in [9.17, 15) is 24.3 Å². The molecule has 304 valence electrons. The molecule has 9 nitrogen and oxygen atoms in total. The van der Waals surface area contributed by atoms with Gasteiger partial charge in [0.1, 0.15) is 6.10 Å². The molecule has 0 aromatic carbocycles. The number of amides is 3. The summed E-state index contributed by atoms with van der Waals surface area (Å²) in [5.74, 6) is 1.06. The summed E-state index contributed by atoms with van der Waals surface area (Å²) < 4.78 is 6.30. The van der Waals surface area contributed by atoms with Crippen molar-refractivity contribution in [2.45, 2.75) is 158 Å². The third kappa shape index (κ3) is 6.51. The van der Waals surface area contributed by atoms with Crippen LogP contribution in [0.15, 0.2) is 12.2 Å². The van der Waals surface area contributed by atoms with E-state index in [0.717, 1.165) is 57.8 Å². The number of carbonyl (C=O) groups excluding carboxylic acids is 3. The highest BCUT2D eigenvalue weighted by Gasteiger charge is 2.74. The van der Waals surface area contributed by atoms with Crippen LogP contribution in [0.5, 0.6) is 0 Å². The summed E-state index contributed by atoms with van der Waals surface area (Å²) in [5, 5.41) is 9.37. The Morgan fingerprint density at radius 1 is 0.796 bits per heavy atom. The van der Waals surface area contributed by atoms with Crippen molar-refractivity contribution in [3.05, 3.63) is 12.2 Å². The van der Waals surface area contributed by atoms with E-state index < -0.39 is 17.4 Å². The molecule has 1 heterocycles. The number of aliphatic carboxylic acids is 1. The monoisotopic (exact) mass is 752 g/mol. The van der Waals surface area contributed by atoms with Crippen LogP contribution < -0.4 is 5.73 Å². The summed E-state index contributed by atoms with van der Waals surface area (Å²) in [6.07, 6.45) is 12.5. The summed E-state index contributed by atoms with van der Waals surface area (Å²) in [6.45, 7) is 27.6. The van der Waals surface area contributed by atoms with E-state index in [-0.39, 0.29) is 63.3 Å². The Labute approximate surface area is 325 Å². The van der Waals surface area contributed by atoms with Gasteiger partial charge in [0, 0.05) is 38.0 Å². The second-order valence-electron chi connectivity index (χ2n) is 21.8.